The maximum atomic E-state index is 13.7. The van der Waals surface area contributed by atoms with E-state index in [9.17, 15) is 9.18 Å². The van der Waals surface area contributed by atoms with Crippen molar-refractivity contribution in [2.45, 2.75) is 26.7 Å². The van der Waals surface area contributed by atoms with Crippen LogP contribution in [0.3, 0.4) is 0 Å². The Kier molecular flexibility index (Phi) is 4.97. The molecule has 0 unspecified atom stereocenters. The Morgan fingerprint density at radius 2 is 1.88 bits per heavy atom. The number of carbonyl (C=O) groups excluding carboxylic acids is 1. The predicted octanol–water partition coefficient (Wildman–Crippen LogP) is 3.01. The first kappa shape index (κ1) is 17.3. The molecule has 1 amide bonds. The van der Waals surface area contributed by atoms with Crippen molar-refractivity contribution in [2.75, 3.05) is 31.1 Å². The largest absolute Gasteiger partial charge is 0.353 e. The van der Waals surface area contributed by atoms with Crippen LogP contribution in [0.5, 0.6) is 0 Å². The third-order valence-electron chi connectivity index (χ3n) is 4.49. The Balaban J connectivity index is 1.66. The Morgan fingerprint density at radius 1 is 1.16 bits per heavy atom. The lowest BCUT2D eigenvalue weighted by atomic mass is 10.1. The molecule has 0 radical (unpaired) electrons. The first-order valence-electron chi connectivity index (χ1n) is 8.59. The van der Waals surface area contributed by atoms with Crippen molar-refractivity contribution < 1.29 is 9.18 Å². The molecule has 0 aliphatic carbocycles. The normalized spacial score (nSPS) is 14.9. The highest BCUT2D eigenvalue weighted by Gasteiger charge is 2.23. The third-order valence-corrected chi connectivity index (χ3v) is 4.49. The number of amides is 1. The summed E-state index contributed by atoms with van der Waals surface area (Å²) in [6, 6.07) is 6.56. The van der Waals surface area contributed by atoms with Gasteiger partial charge < -0.3 is 9.80 Å². The van der Waals surface area contributed by atoms with Gasteiger partial charge in [-0.05, 0) is 30.7 Å². The van der Waals surface area contributed by atoms with Gasteiger partial charge in [-0.25, -0.2) is 14.4 Å². The molecule has 2 aromatic rings. The van der Waals surface area contributed by atoms with E-state index in [2.05, 4.69) is 28.7 Å². The number of benzene rings is 1. The molecular weight excluding hydrogens is 319 g/mol. The molecule has 1 aliphatic heterocycles. The molecule has 0 saturated carbocycles. The number of anilines is 1. The van der Waals surface area contributed by atoms with E-state index in [1.165, 1.54) is 6.07 Å². The molecule has 132 valence electrons. The van der Waals surface area contributed by atoms with E-state index in [4.69, 9.17) is 0 Å². The number of nitrogens with zero attached hydrogens (tertiary/aromatic N) is 4. The van der Waals surface area contributed by atoms with Gasteiger partial charge in [-0.1, -0.05) is 19.9 Å². The van der Waals surface area contributed by atoms with Crippen LogP contribution in [0.1, 0.15) is 41.5 Å². The number of hydrogen-bond donors (Lipinski definition) is 0. The highest BCUT2D eigenvalue weighted by molar-refractivity contribution is 5.94. The molecule has 25 heavy (non-hydrogen) atoms. The molecular formula is C19H23FN4O. The zero-order chi connectivity index (χ0) is 18.0. The molecule has 6 heteroatoms. The number of aromatic nitrogens is 2. The van der Waals surface area contributed by atoms with Gasteiger partial charge in [0.15, 0.2) is 0 Å². The van der Waals surface area contributed by atoms with Gasteiger partial charge in [0.1, 0.15) is 17.5 Å². The molecule has 1 aromatic heterocycles. The molecule has 3 rings (SSSR count). The fourth-order valence-electron chi connectivity index (χ4n) is 2.87. The van der Waals surface area contributed by atoms with Gasteiger partial charge in [-0.15, -0.1) is 0 Å². The van der Waals surface area contributed by atoms with Crippen molar-refractivity contribution in [3.05, 3.63) is 53.2 Å². The standard InChI is InChI=1S/C19H23FN4O/c1-13(2)18-21-7-6-17(22-18)23-8-10-24(11-9-23)19(25)15-5-4-14(3)16(20)12-15/h4-7,12-13H,8-11H2,1-3H3. The van der Waals surface area contributed by atoms with Crippen LogP contribution in [-0.4, -0.2) is 47.0 Å². The van der Waals surface area contributed by atoms with Crippen molar-refractivity contribution in [1.29, 1.82) is 0 Å². The van der Waals surface area contributed by atoms with Crippen LogP contribution in [0, 0.1) is 12.7 Å². The molecule has 0 atom stereocenters. The zero-order valence-electron chi connectivity index (χ0n) is 14.9. The van der Waals surface area contributed by atoms with Crippen molar-refractivity contribution in [3.63, 3.8) is 0 Å². The Bertz CT molecular complexity index is 770. The van der Waals surface area contributed by atoms with E-state index in [0.717, 1.165) is 11.6 Å². The highest BCUT2D eigenvalue weighted by atomic mass is 19.1. The second-order valence-electron chi connectivity index (χ2n) is 6.67. The number of halogens is 1. The van der Waals surface area contributed by atoms with E-state index in [1.54, 1.807) is 30.2 Å². The topological polar surface area (TPSA) is 49.3 Å². The van der Waals surface area contributed by atoms with Crippen molar-refractivity contribution in [3.8, 4) is 0 Å². The van der Waals surface area contributed by atoms with E-state index >= 15 is 0 Å². The monoisotopic (exact) mass is 342 g/mol. The van der Waals surface area contributed by atoms with Gasteiger partial charge in [-0.2, -0.15) is 0 Å². The minimum atomic E-state index is -0.341. The lowest BCUT2D eigenvalue weighted by Gasteiger charge is -2.35. The summed E-state index contributed by atoms with van der Waals surface area (Å²) in [5, 5.41) is 0. The van der Waals surface area contributed by atoms with Crippen LogP contribution in [0.4, 0.5) is 10.2 Å². The first-order chi connectivity index (χ1) is 12.0. The van der Waals surface area contributed by atoms with Crippen LogP contribution in [-0.2, 0) is 0 Å². The molecule has 1 aliphatic rings. The van der Waals surface area contributed by atoms with Crippen LogP contribution < -0.4 is 4.90 Å². The maximum Gasteiger partial charge on any atom is 0.254 e. The number of carbonyl (C=O) groups is 1. The molecule has 5 nitrogen and oxygen atoms in total. The maximum absolute atomic E-state index is 13.7. The van der Waals surface area contributed by atoms with E-state index in [0.29, 0.717) is 37.3 Å². The molecule has 1 aromatic carbocycles. The summed E-state index contributed by atoms with van der Waals surface area (Å²) in [5.74, 6) is 1.54. The Hall–Kier alpha value is -2.50. The van der Waals surface area contributed by atoms with Crippen molar-refractivity contribution in [1.82, 2.24) is 14.9 Å². The Morgan fingerprint density at radius 3 is 2.52 bits per heavy atom. The lowest BCUT2D eigenvalue weighted by molar-refractivity contribution is 0.0746. The molecule has 2 heterocycles. The quantitative estimate of drug-likeness (QED) is 0.860. The van der Waals surface area contributed by atoms with E-state index < -0.39 is 0 Å². The second-order valence-corrected chi connectivity index (χ2v) is 6.67. The molecule has 1 saturated heterocycles. The fraction of sp³-hybridized carbons (Fsp3) is 0.421. The zero-order valence-corrected chi connectivity index (χ0v) is 14.9. The number of aryl methyl sites for hydroxylation is 1. The average molecular weight is 342 g/mol. The van der Waals surface area contributed by atoms with E-state index in [1.807, 2.05) is 6.07 Å². The van der Waals surface area contributed by atoms with Gasteiger partial charge in [0.25, 0.3) is 5.91 Å². The molecule has 0 bridgehead atoms. The van der Waals surface area contributed by atoms with Crippen LogP contribution in [0.25, 0.3) is 0 Å². The second kappa shape index (κ2) is 7.17. The summed E-state index contributed by atoms with van der Waals surface area (Å²) in [6.45, 7) is 8.41. The summed E-state index contributed by atoms with van der Waals surface area (Å²) in [4.78, 5) is 25.4. The molecule has 0 N–H and O–H groups in total. The van der Waals surface area contributed by atoms with Gasteiger partial charge in [-0.3, -0.25) is 4.79 Å². The van der Waals surface area contributed by atoms with Gasteiger partial charge in [0, 0.05) is 43.9 Å². The van der Waals surface area contributed by atoms with Crippen molar-refractivity contribution >= 4 is 11.7 Å². The number of rotatable bonds is 3. The van der Waals surface area contributed by atoms with E-state index in [-0.39, 0.29) is 17.6 Å². The SMILES string of the molecule is Cc1ccc(C(=O)N2CCN(c3ccnc(C(C)C)n3)CC2)cc1F. The predicted molar refractivity (Wildman–Crippen MR) is 95.4 cm³/mol. The number of piperazine rings is 1. The van der Waals surface area contributed by atoms with Crippen LogP contribution >= 0.6 is 0 Å². The lowest BCUT2D eigenvalue weighted by Crippen LogP contribution is -2.49. The smallest absolute Gasteiger partial charge is 0.254 e. The van der Waals surface area contributed by atoms with Gasteiger partial charge >= 0.3 is 0 Å². The summed E-state index contributed by atoms with van der Waals surface area (Å²) in [7, 11) is 0. The summed E-state index contributed by atoms with van der Waals surface area (Å²) >= 11 is 0. The molecule has 1 fully saturated rings. The fourth-order valence-corrected chi connectivity index (χ4v) is 2.87. The highest BCUT2D eigenvalue weighted by Crippen LogP contribution is 2.18. The first-order valence-corrected chi connectivity index (χ1v) is 8.59. The summed E-state index contributed by atoms with van der Waals surface area (Å²) in [6.07, 6.45) is 1.78. The third kappa shape index (κ3) is 3.78. The van der Waals surface area contributed by atoms with Gasteiger partial charge in [0.2, 0.25) is 0 Å². The average Bonchev–Trinajstić information content (AvgIpc) is 2.63. The number of hydrogen-bond acceptors (Lipinski definition) is 4. The van der Waals surface area contributed by atoms with Gasteiger partial charge in [0.05, 0.1) is 0 Å². The molecule has 0 spiro atoms. The minimum absolute atomic E-state index is 0.121. The summed E-state index contributed by atoms with van der Waals surface area (Å²) in [5.41, 5.74) is 0.951. The van der Waals surface area contributed by atoms with Crippen LogP contribution in [0.2, 0.25) is 0 Å². The Labute approximate surface area is 147 Å². The van der Waals surface area contributed by atoms with Crippen LogP contribution in [0.15, 0.2) is 30.5 Å². The van der Waals surface area contributed by atoms with Crippen molar-refractivity contribution in [2.24, 2.45) is 0 Å². The minimum Gasteiger partial charge on any atom is -0.353 e. The summed E-state index contributed by atoms with van der Waals surface area (Å²) < 4.78 is 13.7.